The van der Waals surface area contributed by atoms with Crippen molar-refractivity contribution in [1.29, 1.82) is 5.26 Å². The zero-order valence-electron chi connectivity index (χ0n) is 17.3. The number of benzene rings is 3. The molecule has 4 nitrogen and oxygen atoms in total. The van der Waals surface area contributed by atoms with Crippen molar-refractivity contribution in [2.24, 2.45) is 0 Å². The molecule has 1 unspecified atom stereocenters. The van der Waals surface area contributed by atoms with Crippen molar-refractivity contribution in [2.45, 2.75) is 19.2 Å². The van der Waals surface area contributed by atoms with Crippen LogP contribution < -0.4 is 10.1 Å². The predicted octanol–water partition coefficient (Wildman–Crippen LogP) is 4.67. The molecule has 0 saturated heterocycles. The molecule has 0 spiro atoms. The summed E-state index contributed by atoms with van der Waals surface area (Å²) in [6.07, 6.45) is 0. The van der Waals surface area contributed by atoms with E-state index in [0.29, 0.717) is 18.7 Å². The van der Waals surface area contributed by atoms with Gasteiger partial charge in [-0.3, -0.25) is 0 Å². The Kier molecular flexibility index (Phi) is 7.56. The molecule has 0 aliphatic heterocycles. The lowest BCUT2D eigenvalue weighted by Crippen LogP contribution is -2.30. The molecule has 0 bridgehead atoms. The van der Waals surface area contributed by atoms with Crippen molar-refractivity contribution in [1.82, 2.24) is 10.2 Å². The molecule has 0 fully saturated rings. The molecule has 154 valence electrons. The molecule has 3 aromatic rings. The lowest BCUT2D eigenvalue weighted by atomic mass is 10.1. The predicted molar refractivity (Wildman–Crippen MR) is 116 cm³/mol. The molecule has 0 heterocycles. The van der Waals surface area contributed by atoms with Crippen LogP contribution in [-0.4, -0.2) is 25.5 Å². The highest BCUT2D eigenvalue weighted by Crippen LogP contribution is 2.19. The number of ether oxygens (including phenoxy) is 1. The molecular weight excluding hydrogens is 377 g/mol. The molecule has 0 aromatic heterocycles. The van der Waals surface area contributed by atoms with Gasteiger partial charge in [0.2, 0.25) is 0 Å². The van der Waals surface area contributed by atoms with E-state index in [-0.39, 0.29) is 11.9 Å². The maximum atomic E-state index is 13.2. The Labute approximate surface area is 177 Å². The lowest BCUT2D eigenvalue weighted by Gasteiger charge is -2.25. The van der Waals surface area contributed by atoms with Gasteiger partial charge in [-0.15, -0.1) is 0 Å². The largest absolute Gasteiger partial charge is 0.489 e. The van der Waals surface area contributed by atoms with Crippen molar-refractivity contribution >= 4 is 0 Å². The first-order valence-electron chi connectivity index (χ1n) is 9.88. The number of nitrogens with one attached hydrogen (secondary N) is 1. The number of nitriles is 1. The Morgan fingerprint density at radius 2 is 1.73 bits per heavy atom. The summed E-state index contributed by atoms with van der Waals surface area (Å²) in [4.78, 5) is 2.12. The van der Waals surface area contributed by atoms with E-state index in [0.717, 1.165) is 29.0 Å². The summed E-state index contributed by atoms with van der Waals surface area (Å²) in [6, 6.07) is 24.4. The monoisotopic (exact) mass is 403 g/mol. The average Bonchev–Trinajstić information content (AvgIpc) is 2.76. The Balaban J connectivity index is 1.55. The third-order valence-corrected chi connectivity index (χ3v) is 4.90. The van der Waals surface area contributed by atoms with E-state index in [9.17, 15) is 4.39 Å². The van der Waals surface area contributed by atoms with Crippen LogP contribution in [0.1, 0.15) is 28.3 Å². The summed E-state index contributed by atoms with van der Waals surface area (Å²) in [6.45, 7) is 1.86. The summed E-state index contributed by atoms with van der Waals surface area (Å²) in [7, 11) is 4.04. The van der Waals surface area contributed by atoms with E-state index >= 15 is 0 Å². The maximum absolute atomic E-state index is 13.2. The van der Waals surface area contributed by atoms with Crippen LogP contribution in [0.2, 0.25) is 0 Å². The van der Waals surface area contributed by atoms with Gasteiger partial charge in [0.25, 0.3) is 0 Å². The quantitative estimate of drug-likeness (QED) is 0.564. The highest BCUT2D eigenvalue weighted by atomic mass is 19.1. The first-order chi connectivity index (χ1) is 14.5. The van der Waals surface area contributed by atoms with Gasteiger partial charge in [-0.1, -0.05) is 36.4 Å². The van der Waals surface area contributed by atoms with Crippen LogP contribution in [0.25, 0.3) is 0 Å². The SMILES string of the molecule is CN(C)C(CNCc1cccc(OCc2cccc(C#N)c2)c1)c1ccc(F)cc1. The van der Waals surface area contributed by atoms with Crippen molar-refractivity contribution in [2.75, 3.05) is 20.6 Å². The van der Waals surface area contributed by atoms with Crippen LogP contribution in [0.5, 0.6) is 5.75 Å². The highest BCUT2D eigenvalue weighted by Gasteiger charge is 2.13. The van der Waals surface area contributed by atoms with Crippen LogP contribution in [0.4, 0.5) is 4.39 Å². The van der Waals surface area contributed by atoms with Gasteiger partial charge in [0.1, 0.15) is 18.2 Å². The van der Waals surface area contributed by atoms with Crippen molar-refractivity contribution < 1.29 is 9.13 Å². The van der Waals surface area contributed by atoms with E-state index in [1.165, 1.54) is 12.1 Å². The highest BCUT2D eigenvalue weighted by molar-refractivity contribution is 5.33. The Morgan fingerprint density at radius 1 is 1.00 bits per heavy atom. The van der Waals surface area contributed by atoms with Crippen LogP contribution in [0.15, 0.2) is 72.8 Å². The van der Waals surface area contributed by atoms with Crippen molar-refractivity contribution in [3.63, 3.8) is 0 Å². The normalized spacial score (nSPS) is 11.8. The number of likely N-dealkylation sites (N-methyl/N-ethyl adjacent to an activating group) is 1. The minimum atomic E-state index is -0.222. The summed E-state index contributed by atoms with van der Waals surface area (Å²) in [5, 5.41) is 12.5. The van der Waals surface area contributed by atoms with Crippen LogP contribution in [-0.2, 0) is 13.2 Å². The van der Waals surface area contributed by atoms with Crippen LogP contribution in [0.3, 0.4) is 0 Å². The van der Waals surface area contributed by atoms with E-state index in [1.807, 2.05) is 62.6 Å². The van der Waals surface area contributed by atoms with Gasteiger partial charge >= 0.3 is 0 Å². The Hall–Kier alpha value is -3.20. The van der Waals surface area contributed by atoms with Gasteiger partial charge < -0.3 is 15.0 Å². The van der Waals surface area contributed by atoms with Gasteiger partial charge in [0.05, 0.1) is 11.6 Å². The summed E-state index contributed by atoms with van der Waals surface area (Å²) in [5.41, 5.74) is 3.79. The van der Waals surface area contributed by atoms with Crippen LogP contribution in [0, 0.1) is 17.1 Å². The molecule has 0 radical (unpaired) electrons. The van der Waals surface area contributed by atoms with E-state index in [4.69, 9.17) is 10.00 Å². The fraction of sp³-hybridized carbons (Fsp3) is 0.240. The first kappa shape index (κ1) is 21.5. The summed E-state index contributed by atoms with van der Waals surface area (Å²) in [5.74, 6) is 0.569. The molecule has 5 heteroatoms. The third-order valence-electron chi connectivity index (χ3n) is 4.90. The van der Waals surface area contributed by atoms with E-state index < -0.39 is 0 Å². The number of hydrogen-bond donors (Lipinski definition) is 1. The topological polar surface area (TPSA) is 48.3 Å². The minimum Gasteiger partial charge on any atom is -0.489 e. The zero-order chi connectivity index (χ0) is 21.3. The zero-order valence-corrected chi connectivity index (χ0v) is 17.3. The molecule has 1 atom stereocenters. The van der Waals surface area contributed by atoms with Gasteiger partial charge in [0, 0.05) is 19.1 Å². The number of halogens is 1. The second kappa shape index (κ2) is 10.5. The standard InChI is InChI=1S/C25H26FN3O/c1-29(2)25(22-9-11-23(26)12-10-22)17-28-16-20-6-4-8-24(14-20)30-18-21-7-3-5-19(13-21)15-27/h3-14,25,28H,16-18H2,1-2H3. The van der Waals surface area contributed by atoms with Crippen LogP contribution >= 0.6 is 0 Å². The molecule has 30 heavy (non-hydrogen) atoms. The van der Waals surface area contributed by atoms with Crippen molar-refractivity contribution in [3.05, 3.63) is 101 Å². The molecule has 0 aliphatic carbocycles. The van der Waals surface area contributed by atoms with Gasteiger partial charge in [-0.25, -0.2) is 4.39 Å². The average molecular weight is 404 g/mol. The third kappa shape index (κ3) is 6.15. The number of nitrogens with zero attached hydrogens (tertiary/aromatic N) is 2. The fourth-order valence-corrected chi connectivity index (χ4v) is 3.28. The maximum Gasteiger partial charge on any atom is 0.123 e. The Morgan fingerprint density at radius 3 is 2.47 bits per heavy atom. The summed E-state index contributed by atoms with van der Waals surface area (Å²) >= 11 is 0. The number of hydrogen-bond acceptors (Lipinski definition) is 4. The molecule has 1 N–H and O–H groups in total. The fourth-order valence-electron chi connectivity index (χ4n) is 3.28. The van der Waals surface area contributed by atoms with Crippen molar-refractivity contribution in [3.8, 4) is 11.8 Å². The minimum absolute atomic E-state index is 0.150. The molecule has 3 rings (SSSR count). The van der Waals surface area contributed by atoms with Gasteiger partial charge in [-0.2, -0.15) is 5.26 Å². The first-order valence-corrected chi connectivity index (χ1v) is 9.88. The second-order valence-electron chi connectivity index (χ2n) is 7.41. The molecule has 0 saturated carbocycles. The smallest absolute Gasteiger partial charge is 0.123 e. The molecular formula is C25H26FN3O. The molecule has 3 aromatic carbocycles. The number of rotatable bonds is 9. The van der Waals surface area contributed by atoms with E-state index in [2.05, 4.69) is 22.4 Å². The van der Waals surface area contributed by atoms with E-state index in [1.54, 1.807) is 6.07 Å². The van der Waals surface area contributed by atoms with Gasteiger partial charge in [0.15, 0.2) is 0 Å². The second-order valence-corrected chi connectivity index (χ2v) is 7.41. The summed E-state index contributed by atoms with van der Waals surface area (Å²) < 4.78 is 19.1. The Bertz CT molecular complexity index is 996. The van der Waals surface area contributed by atoms with Gasteiger partial charge in [-0.05, 0) is 67.2 Å². The molecule has 0 amide bonds. The molecule has 0 aliphatic rings. The lowest BCUT2D eigenvalue weighted by molar-refractivity contribution is 0.288.